The van der Waals surface area contributed by atoms with Crippen molar-refractivity contribution in [1.82, 2.24) is 19.9 Å². The van der Waals surface area contributed by atoms with Crippen LogP contribution in [0.15, 0.2) is 18.6 Å². The third kappa shape index (κ3) is 2.32. The second-order valence-electron chi connectivity index (χ2n) is 6.83. The predicted octanol–water partition coefficient (Wildman–Crippen LogP) is 2.08. The fraction of sp³-hybridized carbons (Fsp3) is 0.529. The second-order valence-corrected chi connectivity index (χ2v) is 6.83. The fourth-order valence-electron chi connectivity index (χ4n) is 4.26. The molecule has 0 aliphatic carbocycles. The average molecular weight is 360 g/mol. The third-order valence-electron chi connectivity index (χ3n) is 5.48. The van der Waals surface area contributed by atoms with Crippen LogP contribution in [0.4, 0.5) is 14.6 Å². The molecular formula is C17H18F2N6O. The van der Waals surface area contributed by atoms with Crippen molar-refractivity contribution in [2.24, 2.45) is 0 Å². The third-order valence-corrected chi connectivity index (χ3v) is 5.48. The van der Waals surface area contributed by atoms with Crippen LogP contribution < -0.4 is 4.90 Å². The normalized spacial score (nSPS) is 25.0. The van der Waals surface area contributed by atoms with Gasteiger partial charge in [0.05, 0.1) is 11.5 Å². The van der Waals surface area contributed by atoms with Crippen LogP contribution in [0.2, 0.25) is 0 Å². The van der Waals surface area contributed by atoms with Crippen molar-refractivity contribution >= 4 is 22.8 Å². The van der Waals surface area contributed by atoms with Crippen LogP contribution in [0.3, 0.4) is 0 Å². The molecule has 0 radical (unpaired) electrons. The molecule has 0 bridgehead atoms. The maximum Gasteiger partial charge on any atom is 0.274 e. The number of nitrogens with zero attached hydrogens (tertiary/aromatic N) is 5. The Morgan fingerprint density at radius 2 is 2.19 bits per heavy atom. The monoisotopic (exact) mass is 360 g/mol. The Hall–Kier alpha value is -2.76. The summed E-state index contributed by atoms with van der Waals surface area (Å²) in [6.07, 6.45) is 3.11. The second kappa shape index (κ2) is 5.90. The number of carbonyl (C=O) groups is 1. The van der Waals surface area contributed by atoms with Gasteiger partial charge >= 0.3 is 0 Å². The molecule has 136 valence electrons. The van der Waals surface area contributed by atoms with Crippen molar-refractivity contribution in [2.75, 3.05) is 24.5 Å². The van der Waals surface area contributed by atoms with Gasteiger partial charge in [0, 0.05) is 32.3 Å². The molecule has 2 saturated heterocycles. The lowest BCUT2D eigenvalue weighted by molar-refractivity contribution is -0.164. The van der Waals surface area contributed by atoms with E-state index in [0.717, 1.165) is 5.39 Å². The maximum absolute atomic E-state index is 15.0. The summed E-state index contributed by atoms with van der Waals surface area (Å²) in [6, 6.07) is 3.60. The Bertz CT molecular complexity index is 891. The van der Waals surface area contributed by atoms with Crippen LogP contribution in [0.5, 0.6) is 0 Å². The molecule has 0 aromatic carbocycles. The van der Waals surface area contributed by atoms with Gasteiger partial charge < -0.3 is 14.8 Å². The lowest BCUT2D eigenvalue weighted by atomic mass is 9.82. The number of aromatic nitrogens is 3. The van der Waals surface area contributed by atoms with Gasteiger partial charge in [0.25, 0.3) is 5.92 Å². The highest BCUT2D eigenvalue weighted by molar-refractivity contribution is 5.87. The molecule has 26 heavy (non-hydrogen) atoms. The fourth-order valence-corrected chi connectivity index (χ4v) is 4.26. The van der Waals surface area contributed by atoms with Crippen molar-refractivity contribution in [3.8, 4) is 6.07 Å². The number of aromatic amines is 1. The number of rotatable bonds is 2. The minimum atomic E-state index is -3.00. The van der Waals surface area contributed by atoms with E-state index in [2.05, 4.69) is 15.0 Å². The molecule has 2 fully saturated rings. The molecular weight excluding hydrogens is 342 g/mol. The van der Waals surface area contributed by atoms with E-state index >= 15 is 8.78 Å². The first-order valence-corrected chi connectivity index (χ1v) is 8.57. The van der Waals surface area contributed by atoms with Crippen LogP contribution >= 0.6 is 0 Å². The van der Waals surface area contributed by atoms with Crippen LogP contribution in [-0.4, -0.2) is 56.9 Å². The van der Waals surface area contributed by atoms with Gasteiger partial charge in [0.1, 0.15) is 29.8 Å². The van der Waals surface area contributed by atoms with E-state index < -0.39 is 17.4 Å². The summed E-state index contributed by atoms with van der Waals surface area (Å²) < 4.78 is 30.0. The van der Waals surface area contributed by atoms with Crippen molar-refractivity contribution in [2.45, 2.75) is 37.1 Å². The zero-order valence-electron chi connectivity index (χ0n) is 14.1. The van der Waals surface area contributed by atoms with Crippen LogP contribution in [-0.2, 0) is 4.79 Å². The first-order chi connectivity index (χ1) is 12.5. The van der Waals surface area contributed by atoms with E-state index in [1.165, 1.54) is 11.2 Å². The molecule has 1 N–H and O–H groups in total. The van der Waals surface area contributed by atoms with Crippen molar-refractivity contribution in [3.63, 3.8) is 0 Å². The van der Waals surface area contributed by atoms with Gasteiger partial charge in [-0.15, -0.1) is 0 Å². The summed E-state index contributed by atoms with van der Waals surface area (Å²) in [6.45, 7) is 0.397. The van der Waals surface area contributed by atoms with Gasteiger partial charge in [0.15, 0.2) is 0 Å². The van der Waals surface area contributed by atoms with E-state index in [1.54, 1.807) is 12.3 Å². The number of fused-ring (bicyclic) bond motifs is 1. The van der Waals surface area contributed by atoms with E-state index in [-0.39, 0.29) is 38.9 Å². The Labute approximate surface area is 148 Å². The minimum Gasteiger partial charge on any atom is -0.353 e. The van der Waals surface area contributed by atoms with Gasteiger partial charge in [-0.05, 0) is 18.9 Å². The smallest absolute Gasteiger partial charge is 0.274 e. The lowest BCUT2D eigenvalue weighted by Crippen LogP contribution is -2.68. The number of H-pyrrole nitrogens is 1. The van der Waals surface area contributed by atoms with E-state index in [1.807, 2.05) is 11.0 Å². The van der Waals surface area contributed by atoms with E-state index in [0.29, 0.717) is 17.9 Å². The zero-order chi connectivity index (χ0) is 18.4. The number of piperidine rings is 1. The van der Waals surface area contributed by atoms with Gasteiger partial charge in [0.2, 0.25) is 5.91 Å². The number of hydrogen-bond donors (Lipinski definition) is 1. The molecule has 2 aliphatic heterocycles. The number of anilines is 1. The highest BCUT2D eigenvalue weighted by Gasteiger charge is 2.63. The Morgan fingerprint density at radius 3 is 3.00 bits per heavy atom. The minimum absolute atomic E-state index is 0.00549. The number of alkyl halides is 2. The first kappa shape index (κ1) is 16.7. The Morgan fingerprint density at radius 1 is 1.35 bits per heavy atom. The van der Waals surface area contributed by atoms with Crippen molar-refractivity contribution < 1.29 is 13.6 Å². The highest BCUT2D eigenvalue weighted by atomic mass is 19.3. The summed E-state index contributed by atoms with van der Waals surface area (Å²) in [5.74, 6) is -2.94. The molecule has 4 rings (SSSR count). The molecule has 1 atom stereocenters. The number of likely N-dealkylation sites (tertiary alicyclic amines) is 1. The number of halogens is 2. The summed E-state index contributed by atoms with van der Waals surface area (Å²) in [7, 11) is 0. The summed E-state index contributed by atoms with van der Waals surface area (Å²) in [4.78, 5) is 26.8. The quantitative estimate of drug-likeness (QED) is 0.886. The SMILES string of the molecule is N#CCC(=O)N1CCCC12CN(c1ncnc3[nH]ccc13)CCC2(F)F. The average Bonchev–Trinajstić information content (AvgIpc) is 3.25. The number of nitrogens with one attached hydrogen (secondary N) is 1. The topological polar surface area (TPSA) is 88.9 Å². The Balaban J connectivity index is 1.73. The Kier molecular flexibility index (Phi) is 3.79. The van der Waals surface area contributed by atoms with Crippen molar-refractivity contribution in [3.05, 3.63) is 18.6 Å². The standard InChI is InChI=1S/C17H18F2N6O/c18-17(19)5-9-24(15-12-3-7-21-14(12)22-11-23-15)10-16(17)4-1-8-25(16)13(26)2-6-20/h3,7,11H,1-2,4-5,8-10H2,(H,21,22,23). The van der Waals surface area contributed by atoms with Gasteiger partial charge in [-0.2, -0.15) is 5.26 Å². The summed E-state index contributed by atoms with van der Waals surface area (Å²) in [5.41, 5.74) is -0.947. The number of amides is 1. The van der Waals surface area contributed by atoms with E-state index in [9.17, 15) is 4.79 Å². The molecule has 0 saturated carbocycles. The molecule has 1 unspecified atom stereocenters. The number of hydrogen-bond acceptors (Lipinski definition) is 5. The number of carbonyl (C=O) groups excluding carboxylic acids is 1. The van der Waals surface area contributed by atoms with Gasteiger partial charge in [-0.3, -0.25) is 4.79 Å². The maximum atomic E-state index is 15.0. The lowest BCUT2D eigenvalue weighted by Gasteiger charge is -2.50. The summed E-state index contributed by atoms with van der Waals surface area (Å²) >= 11 is 0. The molecule has 4 heterocycles. The van der Waals surface area contributed by atoms with Crippen molar-refractivity contribution in [1.29, 1.82) is 5.26 Å². The summed E-state index contributed by atoms with van der Waals surface area (Å²) in [5, 5.41) is 9.59. The highest BCUT2D eigenvalue weighted by Crippen LogP contribution is 2.48. The molecule has 2 aromatic heterocycles. The molecule has 2 aromatic rings. The molecule has 7 nitrogen and oxygen atoms in total. The van der Waals surface area contributed by atoms with Gasteiger partial charge in [-0.1, -0.05) is 0 Å². The molecule has 9 heteroatoms. The molecule has 1 amide bonds. The first-order valence-electron chi connectivity index (χ1n) is 8.57. The van der Waals surface area contributed by atoms with E-state index in [4.69, 9.17) is 5.26 Å². The predicted molar refractivity (Wildman–Crippen MR) is 89.6 cm³/mol. The van der Waals surface area contributed by atoms with Gasteiger partial charge in [-0.25, -0.2) is 18.7 Å². The van der Waals surface area contributed by atoms with Crippen LogP contribution in [0.25, 0.3) is 11.0 Å². The zero-order valence-corrected chi connectivity index (χ0v) is 14.1. The number of nitriles is 1. The van der Waals surface area contributed by atoms with Crippen LogP contribution in [0.1, 0.15) is 25.7 Å². The largest absolute Gasteiger partial charge is 0.353 e. The molecule has 1 spiro atoms. The van der Waals surface area contributed by atoms with Crippen LogP contribution in [0, 0.1) is 11.3 Å². The molecule has 2 aliphatic rings.